The minimum Gasteiger partial charge on any atom is -0.382 e. The first-order chi connectivity index (χ1) is 7.67. The second-order valence-corrected chi connectivity index (χ2v) is 4.14. The van der Waals surface area contributed by atoms with Crippen LogP contribution in [0.1, 0.15) is 36.9 Å². The van der Waals surface area contributed by atoms with Gasteiger partial charge >= 0.3 is 0 Å². The van der Waals surface area contributed by atoms with E-state index < -0.39 is 0 Å². The van der Waals surface area contributed by atoms with Gasteiger partial charge in [-0.3, -0.25) is 16.3 Å². The van der Waals surface area contributed by atoms with Crippen LogP contribution >= 0.6 is 0 Å². The average Bonchev–Trinajstić information content (AvgIpc) is 2.29. The number of hydrazine groups is 1. The first kappa shape index (κ1) is 13.1. The maximum atomic E-state index is 5.56. The van der Waals surface area contributed by atoms with Crippen molar-refractivity contribution in [2.45, 2.75) is 38.8 Å². The summed E-state index contributed by atoms with van der Waals surface area (Å²) in [6.45, 7) is 4.09. The molecule has 0 aliphatic carbocycles. The van der Waals surface area contributed by atoms with Crippen LogP contribution in [0.25, 0.3) is 0 Å². The van der Waals surface area contributed by atoms with E-state index in [-0.39, 0.29) is 12.1 Å². The second-order valence-electron chi connectivity index (χ2n) is 4.14. The molecule has 0 aliphatic rings. The Hall–Kier alpha value is -0.970. The van der Waals surface area contributed by atoms with E-state index in [2.05, 4.69) is 23.4 Å². The molecule has 0 radical (unpaired) electrons. The molecule has 90 valence electrons. The Balaban J connectivity index is 2.60. The van der Waals surface area contributed by atoms with Gasteiger partial charge < -0.3 is 4.74 Å². The Kier molecular flexibility index (Phi) is 5.38. The van der Waals surface area contributed by atoms with Crippen molar-refractivity contribution in [2.24, 2.45) is 5.84 Å². The number of hydrogen-bond donors (Lipinski definition) is 2. The molecule has 4 nitrogen and oxygen atoms in total. The molecule has 0 amide bonds. The summed E-state index contributed by atoms with van der Waals surface area (Å²) < 4.78 is 5.22. The van der Waals surface area contributed by atoms with Gasteiger partial charge in [0.15, 0.2) is 0 Å². The Morgan fingerprint density at radius 1 is 1.44 bits per heavy atom. The molecule has 0 aromatic carbocycles. The van der Waals surface area contributed by atoms with Gasteiger partial charge in [-0.05, 0) is 37.8 Å². The van der Waals surface area contributed by atoms with E-state index in [0.29, 0.717) is 0 Å². The van der Waals surface area contributed by atoms with Crippen molar-refractivity contribution in [3.8, 4) is 0 Å². The molecule has 1 aromatic heterocycles. The van der Waals surface area contributed by atoms with Crippen LogP contribution in [-0.4, -0.2) is 18.2 Å². The zero-order valence-corrected chi connectivity index (χ0v) is 10.2. The molecule has 1 aromatic rings. The normalized spacial score (nSPS) is 14.8. The maximum absolute atomic E-state index is 5.56. The summed E-state index contributed by atoms with van der Waals surface area (Å²) in [5.41, 5.74) is 5.11. The first-order valence-corrected chi connectivity index (χ1v) is 5.57. The number of nitrogens with two attached hydrogens (primary N) is 1. The number of rotatable bonds is 6. The van der Waals surface area contributed by atoms with Crippen LogP contribution in [-0.2, 0) is 4.74 Å². The maximum Gasteiger partial charge on any atom is 0.0543 e. The number of ether oxygens (including phenoxy) is 1. The van der Waals surface area contributed by atoms with Crippen molar-refractivity contribution in [1.29, 1.82) is 0 Å². The predicted octanol–water partition coefficient (Wildman–Crippen LogP) is 1.71. The van der Waals surface area contributed by atoms with Crippen molar-refractivity contribution in [1.82, 2.24) is 10.4 Å². The third kappa shape index (κ3) is 3.89. The molecule has 1 rings (SSSR count). The largest absolute Gasteiger partial charge is 0.382 e. The zero-order valence-electron chi connectivity index (χ0n) is 10.2. The molecular weight excluding hydrogens is 202 g/mol. The molecule has 16 heavy (non-hydrogen) atoms. The third-order valence-corrected chi connectivity index (χ3v) is 2.76. The number of nitrogens with zero attached hydrogens (tertiary/aromatic N) is 1. The van der Waals surface area contributed by atoms with E-state index in [1.807, 2.05) is 19.3 Å². The SMILES string of the molecule is COC(C)CCC(NN)c1cncc(C)c1. The Bertz CT molecular complexity index is 317. The van der Waals surface area contributed by atoms with E-state index in [1.54, 1.807) is 7.11 Å². The Morgan fingerprint density at radius 3 is 2.75 bits per heavy atom. The third-order valence-electron chi connectivity index (χ3n) is 2.76. The topological polar surface area (TPSA) is 60.2 Å². The van der Waals surface area contributed by atoms with Crippen LogP contribution in [0.5, 0.6) is 0 Å². The Labute approximate surface area is 97.2 Å². The lowest BCUT2D eigenvalue weighted by molar-refractivity contribution is 0.106. The number of hydrogen-bond acceptors (Lipinski definition) is 4. The summed E-state index contributed by atoms with van der Waals surface area (Å²) in [5.74, 6) is 5.56. The number of methoxy groups -OCH3 is 1. The van der Waals surface area contributed by atoms with Gasteiger partial charge in [0.1, 0.15) is 0 Å². The molecule has 0 saturated heterocycles. The standard InChI is InChI=1S/C12H21N3O/c1-9-6-11(8-14-7-9)12(15-13)5-4-10(2)16-3/h6-8,10,12,15H,4-5,13H2,1-3H3. The molecule has 2 unspecified atom stereocenters. The summed E-state index contributed by atoms with van der Waals surface area (Å²) in [6.07, 6.45) is 5.87. The molecule has 3 N–H and O–H groups in total. The minimum absolute atomic E-state index is 0.144. The number of aryl methyl sites for hydroxylation is 1. The molecule has 1 heterocycles. The second kappa shape index (κ2) is 6.58. The molecule has 0 fully saturated rings. The van der Waals surface area contributed by atoms with Crippen molar-refractivity contribution in [3.63, 3.8) is 0 Å². The van der Waals surface area contributed by atoms with Gasteiger partial charge in [0.25, 0.3) is 0 Å². The molecule has 0 spiro atoms. The summed E-state index contributed by atoms with van der Waals surface area (Å²) in [7, 11) is 1.73. The van der Waals surface area contributed by atoms with E-state index in [9.17, 15) is 0 Å². The zero-order chi connectivity index (χ0) is 12.0. The lowest BCUT2D eigenvalue weighted by atomic mass is 10.0. The highest BCUT2D eigenvalue weighted by atomic mass is 16.5. The molecule has 0 bridgehead atoms. The van der Waals surface area contributed by atoms with Crippen molar-refractivity contribution < 1.29 is 4.74 Å². The number of pyridine rings is 1. The highest BCUT2D eigenvalue weighted by Gasteiger charge is 2.11. The molecule has 2 atom stereocenters. The summed E-state index contributed by atoms with van der Waals surface area (Å²) in [6, 6.07) is 2.25. The molecular formula is C12H21N3O. The lowest BCUT2D eigenvalue weighted by Crippen LogP contribution is -2.29. The van der Waals surface area contributed by atoms with Gasteiger partial charge in [-0.25, -0.2) is 0 Å². The predicted molar refractivity (Wildman–Crippen MR) is 64.7 cm³/mol. The van der Waals surface area contributed by atoms with Crippen LogP contribution in [0, 0.1) is 6.92 Å². The number of nitrogens with one attached hydrogen (secondary N) is 1. The first-order valence-electron chi connectivity index (χ1n) is 5.57. The summed E-state index contributed by atoms with van der Waals surface area (Å²) in [5, 5.41) is 0. The van der Waals surface area contributed by atoms with Crippen LogP contribution in [0.2, 0.25) is 0 Å². The van der Waals surface area contributed by atoms with E-state index in [0.717, 1.165) is 24.0 Å². The van der Waals surface area contributed by atoms with E-state index in [4.69, 9.17) is 10.6 Å². The van der Waals surface area contributed by atoms with Gasteiger partial charge in [-0.2, -0.15) is 0 Å². The molecule has 0 saturated carbocycles. The van der Waals surface area contributed by atoms with Crippen molar-refractivity contribution in [2.75, 3.05) is 7.11 Å². The lowest BCUT2D eigenvalue weighted by Gasteiger charge is -2.18. The Morgan fingerprint density at radius 2 is 2.19 bits per heavy atom. The van der Waals surface area contributed by atoms with Crippen LogP contribution < -0.4 is 11.3 Å². The fraction of sp³-hybridized carbons (Fsp3) is 0.583. The fourth-order valence-electron chi connectivity index (χ4n) is 1.63. The molecule has 0 aliphatic heterocycles. The highest BCUT2D eigenvalue weighted by Crippen LogP contribution is 2.19. The van der Waals surface area contributed by atoms with Crippen LogP contribution in [0.4, 0.5) is 0 Å². The summed E-state index contributed by atoms with van der Waals surface area (Å²) >= 11 is 0. The quantitative estimate of drug-likeness (QED) is 0.569. The van der Waals surface area contributed by atoms with Crippen LogP contribution in [0.3, 0.4) is 0 Å². The summed E-state index contributed by atoms with van der Waals surface area (Å²) in [4.78, 5) is 4.17. The molecule has 4 heteroatoms. The van der Waals surface area contributed by atoms with E-state index in [1.165, 1.54) is 0 Å². The monoisotopic (exact) mass is 223 g/mol. The van der Waals surface area contributed by atoms with Gasteiger partial charge in [0.05, 0.1) is 6.10 Å². The average molecular weight is 223 g/mol. The smallest absolute Gasteiger partial charge is 0.0543 e. The van der Waals surface area contributed by atoms with Gasteiger partial charge in [0, 0.05) is 25.5 Å². The van der Waals surface area contributed by atoms with Crippen LogP contribution in [0.15, 0.2) is 18.5 Å². The fourth-order valence-corrected chi connectivity index (χ4v) is 1.63. The van der Waals surface area contributed by atoms with Gasteiger partial charge in [0.2, 0.25) is 0 Å². The minimum atomic E-state index is 0.144. The van der Waals surface area contributed by atoms with Gasteiger partial charge in [-0.1, -0.05) is 6.07 Å². The highest BCUT2D eigenvalue weighted by molar-refractivity contribution is 5.19. The van der Waals surface area contributed by atoms with E-state index >= 15 is 0 Å². The van der Waals surface area contributed by atoms with Crippen molar-refractivity contribution in [3.05, 3.63) is 29.6 Å². The van der Waals surface area contributed by atoms with Gasteiger partial charge in [-0.15, -0.1) is 0 Å². The number of aromatic nitrogens is 1. The van der Waals surface area contributed by atoms with Crippen molar-refractivity contribution >= 4 is 0 Å².